The first-order valence-corrected chi connectivity index (χ1v) is 12.6. The van der Waals surface area contributed by atoms with Crippen molar-refractivity contribution >= 4 is 34.2 Å². The number of hydrogen-bond donors (Lipinski definition) is 5. The summed E-state index contributed by atoms with van der Waals surface area (Å²) in [6, 6.07) is 1.88. The third-order valence-electron chi connectivity index (χ3n) is 5.93. The van der Waals surface area contributed by atoms with Crippen LogP contribution in [0.15, 0.2) is 23.1 Å². The summed E-state index contributed by atoms with van der Waals surface area (Å²) in [5.74, 6) is -3.82. The Morgan fingerprint density at radius 3 is 2.38 bits per heavy atom. The van der Waals surface area contributed by atoms with Crippen molar-refractivity contribution in [3.8, 4) is 5.75 Å². The number of carbonyl (C=O) groups excluding carboxylic acids is 2. The molecule has 1 amide bonds. The minimum absolute atomic E-state index is 0.0561. The number of hydrogen-bond acceptors (Lipinski definition) is 7. The molecule has 1 aromatic rings. The van der Waals surface area contributed by atoms with Crippen molar-refractivity contribution in [1.29, 1.82) is 0 Å². The molecular formula is C22H30N2O9S. The molecule has 1 unspecified atom stereocenters. The van der Waals surface area contributed by atoms with Gasteiger partial charge in [-0.05, 0) is 49.8 Å². The number of aliphatic carboxylic acids is 1. The van der Waals surface area contributed by atoms with Crippen LogP contribution in [0.25, 0.3) is 0 Å². The molecule has 188 valence electrons. The van der Waals surface area contributed by atoms with Gasteiger partial charge in [-0.1, -0.05) is 19.3 Å². The van der Waals surface area contributed by atoms with Crippen molar-refractivity contribution in [1.82, 2.24) is 10.0 Å². The number of carbonyl (C=O) groups is 4. The topological polar surface area (TPSA) is 187 Å². The van der Waals surface area contributed by atoms with Crippen molar-refractivity contribution in [3.63, 3.8) is 0 Å². The van der Waals surface area contributed by atoms with Crippen LogP contribution in [0.3, 0.4) is 0 Å². The van der Waals surface area contributed by atoms with E-state index >= 15 is 0 Å². The molecule has 1 aliphatic rings. The number of phenols is 1. The number of nitrogens with one attached hydrogen (secondary N) is 2. The average Bonchev–Trinajstić information content (AvgIpc) is 3.29. The molecule has 1 aromatic carbocycles. The molecule has 11 nitrogen and oxygen atoms in total. The highest BCUT2D eigenvalue weighted by atomic mass is 32.2. The van der Waals surface area contributed by atoms with Gasteiger partial charge in [-0.2, -0.15) is 0 Å². The van der Waals surface area contributed by atoms with Gasteiger partial charge in [-0.25, -0.2) is 17.9 Å². The highest BCUT2D eigenvalue weighted by Crippen LogP contribution is 2.34. The summed E-state index contributed by atoms with van der Waals surface area (Å²) in [5, 5.41) is 30.0. The van der Waals surface area contributed by atoms with Gasteiger partial charge in [0.1, 0.15) is 17.6 Å². The molecule has 1 fully saturated rings. The SMILES string of the molecule is O=C[C@H](CC(=O)O)NC(=O)C(CCCCNS(=O)(=O)c1ccc(O)c(C(=O)O)c1)C1CCCC1. The number of aldehydes is 1. The number of aromatic carboxylic acids is 1. The predicted octanol–water partition coefficient (Wildman–Crippen LogP) is 1.50. The summed E-state index contributed by atoms with van der Waals surface area (Å²) in [6.07, 6.45) is 5.00. The largest absolute Gasteiger partial charge is 0.507 e. The van der Waals surface area contributed by atoms with Crippen LogP contribution >= 0.6 is 0 Å². The third-order valence-corrected chi connectivity index (χ3v) is 7.39. The number of benzene rings is 1. The molecular weight excluding hydrogens is 468 g/mol. The fourth-order valence-corrected chi connectivity index (χ4v) is 5.28. The highest BCUT2D eigenvalue weighted by Gasteiger charge is 2.31. The number of sulfonamides is 1. The van der Waals surface area contributed by atoms with Gasteiger partial charge in [-0.3, -0.25) is 9.59 Å². The zero-order valence-corrected chi connectivity index (χ0v) is 19.4. The van der Waals surface area contributed by atoms with E-state index in [1.165, 1.54) is 0 Å². The molecule has 0 spiro atoms. The summed E-state index contributed by atoms with van der Waals surface area (Å²) < 4.78 is 27.3. The third kappa shape index (κ3) is 7.80. The van der Waals surface area contributed by atoms with E-state index in [9.17, 15) is 32.7 Å². The Morgan fingerprint density at radius 2 is 1.79 bits per heavy atom. The van der Waals surface area contributed by atoms with Crippen LogP contribution in [-0.2, 0) is 24.4 Å². The Hall–Kier alpha value is -2.99. The van der Waals surface area contributed by atoms with Crippen LogP contribution in [0, 0.1) is 11.8 Å². The molecule has 0 aromatic heterocycles. The second-order valence-corrected chi connectivity index (χ2v) is 10.1. The second-order valence-electron chi connectivity index (χ2n) is 8.38. The van der Waals surface area contributed by atoms with Gasteiger partial charge in [-0.15, -0.1) is 0 Å². The molecule has 0 bridgehead atoms. The van der Waals surface area contributed by atoms with Gasteiger partial charge < -0.3 is 25.4 Å². The first-order chi connectivity index (χ1) is 16.0. The van der Waals surface area contributed by atoms with Crippen molar-refractivity contribution in [2.45, 2.75) is 62.3 Å². The van der Waals surface area contributed by atoms with Gasteiger partial charge in [0.2, 0.25) is 15.9 Å². The van der Waals surface area contributed by atoms with Crippen LogP contribution in [0.4, 0.5) is 0 Å². The Balaban J connectivity index is 1.92. The zero-order chi connectivity index (χ0) is 25.3. The summed E-state index contributed by atoms with van der Waals surface area (Å²) in [7, 11) is -3.99. The molecule has 12 heteroatoms. The minimum Gasteiger partial charge on any atom is -0.507 e. The highest BCUT2D eigenvalue weighted by molar-refractivity contribution is 7.89. The number of carboxylic acid groups (broad SMARTS) is 2. The first-order valence-electron chi connectivity index (χ1n) is 11.1. The summed E-state index contributed by atoms with van der Waals surface area (Å²) in [6.45, 7) is 0.0561. The number of carboxylic acids is 2. The molecule has 2 rings (SSSR count). The summed E-state index contributed by atoms with van der Waals surface area (Å²) in [5.41, 5.74) is -0.523. The quantitative estimate of drug-likeness (QED) is 0.187. The Kier molecular flexibility index (Phi) is 9.99. The van der Waals surface area contributed by atoms with Gasteiger partial charge >= 0.3 is 11.9 Å². The molecule has 0 heterocycles. The van der Waals surface area contributed by atoms with Crippen LogP contribution in [0.5, 0.6) is 5.75 Å². The fourth-order valence-electron chi connectivity index (χ4n) is 4.18. The lowest BCUT2D eigenvalue weighted by molar-refractivity contribution is -0.139. The van der Waals surface area contributed by atoms with Gasteiger partial charge in [0.25, 0.3) is 0 Å². The summed E-state index contributed by atoms with van der Waals surface area (Å²) >= 11 is 0. The molecule has 34 heavy (non-hydrogen) atoms. The lowest BCUT2D eigenvalue weighted by Gasteiger charge is -2.24. The minimum atomic E-state index is -3.99. The normalized spacial score (nSPS) is 16.0. The van der Waals surface area contributed by atoms with Crippen molar-refractivity contribution in [2.75, 3.05) is 6.54 Å². The predicted molar refractivity (Wildman–Crippen MR) is 120 cm³/mol. The second kappa shape index (κ2) is 12.5. The molecule has 0 radical (unpaired) electrons. The number of amides is 1. The summed E-state index contributed by atoms with van der Waals surface area (Å²) in [4.78, 5) is 45.6. The first kappa shape index (κ1) is 27.3. The Labute approximate surface area is 197 Å². The molecule has 1 saturated carbocycles. The number of aromatic hydroxyl groups is 1. The van der Waals surface area contributed by atoms with E-state index < -0.39 is 51.7 Å². The Bertz CT molecular complexity index is 1000. The van der Waals surface area contributed by atoms with Crippen LogP contribution in [-0.4, -0.2) is 60.5 Å². The lowest BCUT2D eigenvalue weighted by atomic mass is 9.85. The fraction of sp³-hybridized carbons (Fsp3) is 0.545. The van der Waals surface area contributed by atoms with Gasteiger partial charge in [0.15, 0.2) is 0 Å². The maximum absolute atomic E-state index is 12.8. The monoisotopic (exact) mass is 498 g/mol. The number of unbranched alkanes of at least 4 members (excludes halogenated alkanes) is 1. The molecule has 0 aliphatic heterocycles. The molecule has 1 aliphatic carbocycles. The van der Waals surface area contributed by atoms with Crippen molar-refractivity contribution < 1.29 is 42.9 Å². The van der Waals surface area contributed by atoms with Gasteiger partial charge in [0.05, 0.1) is 17.4 Å². The smallest absolute Gasteiger partial charge is 0.339 e. The Morgan fingerprint density at radius 1 is 1.12 bits per heavy atom. The average molecular weight is 499 g/mol. The van der Waals surface area contributed by atoms with E-state index in [2.05, 4.69) is 10.0 Å². The van der Waals surface area contributed by atoms with Crippen LogP contribution in [0.2, 0.25) is 0 Å². The molecule has 5 N–H and O–H groups in total. The van der Waals surface area contributed by atoms with Crippen LogP contribution < -0.4 is 10.0 Å². The molecule has 2 atom stereocenters. The van der Waals surface area contributed by atoms with E-state index in [1.807, 2.05) is 0 Å². The maximum Gasteiger partial charge on any atom is 0.339 e. The van der Waals surface area contributed by atoms with Crippen molar-refractivity contribution in [3.05, 3.63) is 23.8 Å². The van der Waals surface area contributed by atoms with E-state index in [4.69, 9.17) is 10.2 Å². The van der Waals surface area contributed by atoms with E-state index in [1.54, 1.807) is 0 Å². The number of rotatable bonds is 14. The maximum atomic E-state index is 12.8. The van der Waals surface area contributed by atoms with Crippen molar-refractivity contribution in [2.24, 2.45) is 11.8 Å². The standard InChI is InChI=1S/C22H30N2O9S/c25-13-15(11-20(27)28)24-21(29)17(14-5-1-2-6-14)7-3-4-10-23-34(32,33)16-8-9-19(26)18(12-16)22(30)31/h8-9,12-15,17,23,26H,1-7,10-11H2,(H,24,29)(H,27,28)(H,30,31)/t15-,17?/m0/s1. The van der Waals surface area contributed by atoms with Gasteiger partial charge in [0, 0.05) is 12.5 Å². The van der Waals surface area contributed by atoms with E-state index in [0.717, 1.165) is 43.9 Å². The zero-order valence-electron chi connectivity index (χ0n) is 18.6. The lowest BCUT2D eigenvalue weighted by Crippen LogP contribution is -2.42. The van der Waals surface area contributed by atoms with E-state index in [-0.39, 0.29) is 23.3 Å². The molecule has 0 saturated heterocycles. The van der Waals surface area contributed by atoms with E-state index in [0.29, 0.717) is 25.5 Å². The van der Waals surface area contributed by atoms with Crippen LogP contribution in [0.1, 0.15) is 61.7 Å².